The van der Waals surface area contributed by atoms with Crippen LogP contribution >= 0.6 is 11.8 Å². The second kappa shape index (κ2) is 7.98. The lowest BCUT2D eigenvalue weighted by Gasteiger charge is -2.29. The molecule has 1 unspecified atom stereocenters. The van der Waals surface area contributed by atoms with Crippen LogP contribution in [0.25, 0.3) is 0 Å². The quantitative estimate of drug-likeness (QED) is 0.773. The number of aryl methyl sites for hydroxylation is 2. The van der Waals surface area contributed by atoms with Crippen molar-refractivity contribution in [2.45, 2.75) is 39.1 Å². The Balaban J connectivity index is 1.84. The molecule has 0 fully saturated rings. The molecule has 2 aliphatic heterocycles. The summed E-state index contributed by atoms with van der Waals surface area (Å²) in [6.45, 7) is 6.95. The summed E-state index contributed by atoms with van der Waals surface area (Å²) in [4.78, 5) is 38.6. The van der Waals surface area contributed by atoms with Crippen LogP contribution < -0.4 is 15.0 Å². The van der Waals surface area contributed by atoms with Gasteiger partial charge >= 0.3 is 0 Å². The minimum atomic E-state index is -1.40. The van der Waals surface area contributed by atoms with Gasteiger partial charge in [-0.3, -0.25) is 14.4 Å². The number of hydrogen-bond acceptors (Lipinski definition) is 6. The Kier molecular flexibility index (Phi) is 5.46. The first-order chi connectivity index (χ1) is 15.2. The Hall–Kier alpha value is -3.33. The molecule has 3 amide bonds. The molecule has 1 atom stereocenters. The van der Waals surface area contributed by atoms with Crippen molar-refractivity contribution in [3.05, 3.63) is 58.7 Å². The number of amidine groups is 1. The van der Waals surface area contributed by atoms with E-state index in [0.29, 0.717) is 12.1 Å². The maximum absolute atomic E-state index is 14.0. The Morgan fingerprint density at radius 2 is 1.84 bits per heavy atom. The van der Waals surface area contributed by atoms with E-state index in [4.69, 9.17) is 4.74 Å². The number of carbonyl (C=O) groups is 3. The van der Waals surface area contributed by atoms with Crippen molar-refractivity contribution in [1.29, 1.82) is 0 Å². The first kappa shape index (κ1) is 21.9. The zero-order valence-corrected chi connectivity index (χ0v) is 19.4. The molecule has 9 heteroatoms. The molecule has 0 aliphatic carbocycles. The number of carbonyl (C=O) groups excluding carboxylic acids is 3. The summed E-state index contributed by atoms with van der Waals surface area (Å²) in [5.74, 6) is -0.255. The fourth-order valence-corrected chi connectivity index (χ4v) is 5.52. The van der Waals surface area contributed by atoms with Gasteiger partial charge in [-0.05, 0) is 48.9 Å². The van der Waals surface area contributed by atoms with Crippen LogP contribution in [-0.4, -0.2) is 35.0 Å². The lowest BCUT2D eigenvalue weighted by molar-refractivity contribution is -0.139. The Bertz CT molecular complexity index is 1160. The monoisotopic (exact) mass is 452 g/mol. The van der Waals surface area contributed by atoms with E-state index in [-0.39, 0.29) is 22.9 Å². The van der Waals surface area contributed by atoms with Gasteiger partial charge in [0.25, 0.3) is 5.91 Å². The zero-order chi connectivity index (χ0) is 23.2. The molecule has 2 aromatic carbocycles. The highest BCUT2D eigenvalue weighted by Gasteiger charge is 2.61. The normalized spacial score (nSPS) is 19.3. The van der Waals surface area contributed by atoms with Crippen LogP contribution in [0.15, 0.2) is 41.5 Å². The topological polar surface area (TPSA) is 91.3 Å². The molecule has 0 radical (unpaired) electrons. The summed E-state index contributed by atoms with van der Waals surface area (Å²) in [6.07, 6.45) is 0. The van der Waals surface area contributed by atoms with E-state index in [2.05, 4.69) is 10.4 Å². The SMILES string of the molecule is COc1ccc(CN2C(=O)C3(SC(NC(C)=O)=NN3C(C)=O)c3cc(C)cc(C)c32)cc1. The van der Waals surface area contributed by atoms with Gasteiger partial charge in [-0.2, -0.15) is 5.01 Å². The molecule has 166 valence electrons. The number of hydrazone groups is 1. The standard InChI is InChI=1S/C23H24N4O4S/c1-13-10-14(2)20-19(11-13)23(27(16(4)29)25-22(32-23)24-15(3)28)21(30)26(20)12-17-6-8-18(31-5)9-7-17/h6-11H,12H2,1-5H3,(H,24,25,28). The van der Waals surface area contributed by atoms with Gasteiger partial charge in [-0.1, -0.05) is 29.8 Å². The fraction of sp³-hybridized carbons (Fsp3) is 0.304. The average molecular weight is 453 g/mol. The molecule has 1 N–H and O–H groups in total. The molecule has 2 aliphatic rings. The third-order valence-electron chi connectivity index (χ3n) is 5.43. The van der Waals surface area contributed by atoms with Crippen molar-refractivity contribution >= 4 is 40.3 Å². The van der Waals surface area contributed by atoms with E-state index in [1.165, 1.54) is 18.9 Å². The highest BCUT2D eigenvalue weighted by atomic mass is 32.2. The number of anilines is 1. The van der Waals surface area contributed by atoms with E-state index in [1.54, 1.807) is 12.0 Å². The van der Waals surface area contributed by atoms with Gasteiger partial charge in [-0.25, -0.2) is 0 Å². The molecule has 32 heavy (non-hydrogen) atoms. The Morgan fingerprint density at radius 3 is 2.44 bits per heavy atom. The van der Waals surface area contributed by atoms with Crippen molar-refractivity contribution in [3.8, 4) is 5.75 Å². The van der Waals surface area contributed by atoms with Crippen LogP contribution in [0.4, 0.5) is 5.69 Å². The molecule has 0 saturated carbocycles. The van der Waals surface area contributed by atoms with Crippen molar-refractivity contribution in [1.82, 2.24) is 10.3 Å². The van der Waals surface area contributed by atoms with Gasteiger partial charge in [0.05, 0.1) is 19.3 Å². The maximum Gasteiger partial charge on any atom is 0.271 e. The van der Waals surface area contributed by atoms with E-state index < -0.39 is 4.87 Å². The number of benzene rings is 2. The van der Waals surface area contributed by atoms with Crippen molar-refractivity contribution in [2.24, 2.45) is 5.10 Å². The van der Waals surface area contributed by atoms with E-state index in [9.17, 15) is 14.4 Å². The number of nitrogens with one attached hydrogen (secondary N) is 1. The maximum atomic E-state index is 14.0. The molecule has 0 saturated heterocycles. The summed E-state index contributed by atoms with van der Waals surface area (Å²) in [6, 6.07) is 11.4. The number of amides is 3. The van der Waals surface area contributed by atoms with Gasteiger partial charge in [0.15, 0.2) is 5.17 Å². The predicted molar refractivity (Wildman–Crippen MR) is 123 cm³/mol. The van der Waals surface area contributed by atoms with Crippen molar-refractivity contribution in [3.63, 3.8) is 0 Å². The number of rotatable bonds is 3. The molecule has 0 aromatic heterocycles. The molecule has 1 spiro atoms. The number of ether oxygens (including phenoxy) is 1. The largest absolute Gasteiger partial charge is 0.497 e. The van der Waals surface area contributed by atoms with Crippen LogP contribution in [0, 0.1) is 13.8 Å². The summed E-state index contributed by atoms with van der Waals surface area (Å²) < 4.78 is 5.23. The number of fused-ring (bicyclic) bond motifs is 2. The van der Waals surface area contributed by atoms with Crippen LogP contribution in [0.1, 0.15) is 36.1 Å². The summed E-state index contributed by atoms with van der Waals surface area (Å²) in [7, 11) is 1.60. The van der Waals surface area contributed by atoms with E-state index >= 15 is 0 Å². The van der Waals surface area contributed by atoms with Crippen molar-refractivity contribution < 1.29 is 19.1 Å². The first-order valence-electron chi connectivity index (χ1n) is 10.1. The second-order valence-corrected chi connectivity index (χ2v) is 9.06. The summed E-state index contributed by atoms with van der Waals surface area (Å²) in [5.41, 5.74) is 4.27. The van der Waals surface area contributed by atoms with Gasteiger partial charge < -0.3 is 15.0 Å². The number of thioether (sulfide) groups is 1. The Labute approximate surface area is 190 Å². The van der Waals surface area contributed by atoms with Gasteiger partial charge in [0, 0.05) is 19.4 Å². The minimum Gasteiger partial charge on any atom is -0.497 e. The van der Waals surface area contributed by atoms with Crippen LogP contribution in [-0.2, 0) is 25.8 Å². The molecule has 2 heterocycles. The lowest BCUT2D eigenvalue weighted by Crippen LogP contribution is -2.48. The molecule has 0 bridgehead atoms. The van der Waals surface area contributed by atoms with Crippen LogP contribution in [0.2, 0.25) is 0 Å². The van der Waals surface area contributed by atoms with E-state index in [0.717, 1.165) is 39.9 Å². The van der Waals surface area contributed by atoms with E-state index in [1.807, 2.05) is 50.2 Å². The van der Waals surface area contributed by atoms with Crippen molar-refractivity contribution in [2.75, 3.05) is 12.0 Å². The highest BCUT2D eigenvalue weighted by molar-refractivity contribution is 8.15. The second-order valence-electron chi connectivity index (χ2n) is 7.88. The van der Waals surface area contributed by atoms with Gasteiger partial charge in [0.2, 0.25) is 16.7 Å². The lowest BCUT2D eigenvalue weighted by atomic mass is 10.0. The molecular formula is C23H24N4O4S. The summed E-state index contributed by atoms with van der Waals surface area (Å²) >= 11 is 1.09. The summed E-state index contributed by atoms with van der Waals surface area (Å²) in [5, 5.41) is 8.35. The molecule has 8 nitrogen and oxygen atoms in total. The highest BCUT2D eigenvalue weighted by Crippen LogP contribution is 2.55. The molecule has 2 aromatic rings. The van der Waals surface area contributed by atoms with Gasteiger partial charge in [-0.15, -0.1) is 5.10 Å². The first-order valence-corrected chi connectivity index (χ1v) is 10.9. The number of methoxy groups -OCH3 is 1. The minimum absolute atomic E-state index is 0.220. The fourth-order valence-electron chi connectivity index (χ4n) is 4.20. The van der Waals surface area contributed by atoms with Crippen LogP contribution in [0.3, 0.4) is 0 Å². The third kappa shape index (κ3) is 3.42. The van der Waals surface area contributed by atoms with Crippen LogP contribution in [0.5, 0.6) is 5.75 Å². The predicted octanol–water partition coefficient (Wildman–Crippen LogP) is 3.01. The zero-order valence-electron chi connectivity index (χ0n) is 18.6. The smallest absolute Gasteiger partial charge is 0.271 e. The molecular weight excluding hydrogens is 428 g/mol. The number of nitrogens with zero attached hydrogens (tertiary/aromatic N) is 3. The number of hydrogen-bond donors (Lipinski definition) is 1. The Morgan fingerprint density at radius 1 is 1.16 bits per heavy atom. The van der Waals surface area contributed by atoms with Gasteiger partial charge in [0.1, 0.15) is 5.75 Å². The third-order valence-corrected chi connectivity index (χ3v) is 6.67. The average Bonchev–Trinajstić information content (AvgIpc) is 3.21. The molecule has 4 rings (SSSR count).